The Kier molecular flexibility index (Phi) is 3.10. The SMILES string of the molecule is NC1CCC(NCc2ncn[nH]2)CC1. The Morgan fingerprint density at radius 1 is 1.43 bits per heavy atom. The van der Waals surface area contributed by atoms with E-state index in [1.807, 2.05) is 0 Å². The van der Waals surface area contributed by atoms with Gasteiger partial charge in [0.05, 0.1) is 6.54 Å². The minimum atomic E-state index is 0.415. The Bertz CT molecular complexity index is 250. The molecule has 5 nitrogen and oxygen atoms in total. The van der Waals surface area contributed by atoms with Gasteiger partial charge in [-0.05, 0) is 25.7 Å². The summed E-state index contributed by atoms with van der Waals surface area (Å²) in [6.07, 6.45) is 6.15. The molecule has 78 valence electrons. The van der Waals surface area contributed by atoms with Crippen LogP contribution in [0.1, 0.15) is 31.5 Å². The van der Waals surface area contributed by atoms with Crippen molar-refractivity contribution in [2.45, 2.75) is 44.3 Å². The maximum absolute atomic E-state index is 5.83. The average molecular weight is 195 g/mol. The minimum absolute atomic E-state index is 0.415. The molecule has 0 amide bonds. The van der Waals surface area contributed by atoms with Gasteiger partial charge in [0, 0.05) is 12.1 Å². The maximum Gasteiger partial charge on any atom is 0.138 e. The fraction of sp³-hybridized carbons (Fsp3) is 0.778. The molecule has 4 N–H and O–H groups in total. The number of aromatic nitrogens is 3. The number of nitrogens with one attached hydrogen (secondary N) is 2. The molecule has 1 heterocycles. The van der Waals surface area contributed by atoms with Crippen LogP contribution in [0, 0.1) is 0 Å². The van der Waals surface area contributed by atoms with Crippen molar-refractivity contribution in [3.8, 4) is 0 Å². The molecule has 1 aliphatic rings. The maximum atomic E-state index is 5.83. The number of H-pyrrole nitrogens is 1. The highest BCUT2D eigenvalue weighted by Crippen LogP contribution is 2.16. The fourth-order valence-corrected chi connectivity index (χ4v) is 1.88. The van der Waals surface area contributed by atoms with E-state index in [0.29, 0.717) is 12.1 Å². The Hall–Kier alpha value is -0.940. The topological polar surface area (TPSA) is 79.6 Å². The van der Waals surface area contributed by atoms with E-state index in [0.717, 1.165) is 25.2 Å². The Morgan fingerprint density at radius 3 is 2.86 bits per heavy atom. The Balaban J connectivity index is 1.71. The summed E-state index contributed by atoms with van der Waals surface area (Å²) in [7, 11) is 0. The van der Waals surface area contributed by atoms with Crippen LogP contribution in [0.15, 0.2) is 6.33 Å². The highest BCUT2D eigenvalue weighted by molar-refractivity contribution is 4.83. The molecular weight excluding hydrogens is 178 g/mol. The van der Waals surface area contributed by atoms with Gasteiger partial charge in [-0.25, -0.2) is 4.98 Å². The molecule has 14 heavy (non-hydrogen) atoms. The van der Waals surface area contributed by atoms with Gasteiger partial charge in [0.2, 0.25) is 0 Å². The molecule has 0 saturated heterocycles. The van der Waals surface area contributed by atoms with Crippen LogP contribution in [0.5, 0.6) is 0 Å². The normalized spacial score (nSPS) is 27.8. The predicted octanol–water partition coefficient (Wildman–Crippen LogP) is 0.164. The molecule has 0 aromatic carbocycles. The van der Waals surface area contributed by atoms with Crippen molar-refractivity contribution < 1.29 is 0 Å². The number of rotatable bonds is 3. The Labute approximate surface area is 83.5 Å². The van der Waals surface area contributed by atoms with Gasteiger partial charge in [0.15, 0.2) is 0 Å². The van der Waals surface area contributed by atoms with E-state index < -0.39 is 0 Å². The molecular formula is C9H17N5. The molecule has 1 aromatic heterocycles. The molecule has 0 aliphatic heterocycles. The van der Waals surface area contributed by atoms with Gasteiger partial charge in [0.25, 0.3) is 0 Å². The summed E-state index contributed by atoms with van der Waals surface area (Å²) < 4.78 is 0. The summed E-state index contributed by atoms with van der Waals surface area (Å²) in [6.45, 7) is 0.778. The smallest absolute Gasteiger partial charge is 0.138 e. The predicted molar refractivity (Wildman–Crippen MR) is 53.5 cm³/mol. The van der Waals surface area contributed by atoms with E-state index in [2.05, 4.69) is 20.5 Å². The van der Waals surface area contributed by atoms with Crippen molar-refractivity contribution in [1.82, 2.24) is 20.5 Å². The molecule has 0 atom stereocenters. The molecule has 5 heteroatoms. The summed E-state index contributed by atoms with van der Waals surface area (Å²) >= 11 is 0. The van der Waals surface area contributed by atoms with Crippen molar-refractivity contribution in [3.63, 3.8) is 0 Å². The standard InChI is InChI=1S/C9H17N5/c10-7-1-3-8(4-2-7)11-5-9-12-6-13-14-9/h6-8,11H,1-5,10H2,(H,12,13,14). The summed E-state index contributed by atoms with van der Waals surface area (Å²) in [4.78, 5) is 4.06. The molecule has 0 spiro atoms. The first-order valence-corrected chi connectivity index (χ1v) is 5.18. The van der Waals surface area contributed by atoms with Crippen LogP contribution in [-0.2, 0) is 6.54 Å². The highest BCUT2D eigenvalue weighted by Gasteiger charge is 2.17. The quantitative estimate of drug-likeness (QED) is 0.642. The van der Waals surface area contributed by atoms with E-state index in [9.17, 15) is 0 Å². The highest BCUT2D eigenvalue weighted by atomic mass is 15.2. The van der Waals surface area contributed by atoms with E-state index in [4.69, 9.17) is 5.73 Å². The van der Waals surface area contributed by atoms with Gasteiger partial charge in [-0.15, -0.1) is 0 Å². The third-order valence-corrected chi connectivity index (χ3v) is 2.79. The van der Waals surface area contributed by atoms with Crippen LogP contribution < -0.4 is 11.1 Å². The van der Waals surface area contributed by atoms with Gasteiger partial charge >= 0.3 is 0 Å². The molecule has 0 bridgehead atoms. The molecule has 0 radical (unpaired) electrons. The zero-order valence-corrected chi connectivity index (χ0v) is 8.24. The van der Waals surface area contributed by atoms with Gasteiger partial charge in [-0.3, -0.25) is 5.10 Å². The van der Waals surface area contributed by atoms with Crippen LogP contribution in [0.2, 0.25) is 0 Å². The van der Waals surface area contributed by atoms with Crippen molar-refractivity contribution in [2.24, 2.45) is 5.73 Å². The first kappa shape index (κ1) is 9.61. The van der Waals surface area contributed by atoms with Crippen molar-refractivity contribution >= 4 is 0 Å². The van der Waals surface area contributed by atoms with Gasteiger partial charge in [-0.2, -0.15) is 5.10 Å². The van der Waals surface area contributed by atoms with Gasteiger partial charge in [0.1, 0.15) is 12.2 Å². The zero-order valence-electron chi connectivity index (χ0n) is 8.24. The lowest BCUT2D eigenvalue weighted by atomic mass is 9.92. The van der Waals surface area contributed by atoms with Crippen molar-refractivity contribution in [2.75, 3.05) is 0 Å². The summed E-state index contributed by atoms with van der Waals surface area (Å²) in [6, 6.07) is 1.01. The summed E-state index contributed by atoms with van der Waals surface area (Å²) in [5.41, 5.74) is 5.83. The summed E-state index contributed by atoms with van der Waals surface area (Å²) in [5.74, 6) is 0.903. The third-order valence-electron chi connectivity index (χ3n) is 2.79. The van der Waals surface area contributed by atoms with E-state index in [1.165, 1.54) is 19.2 Å². The largest absolute Gasteiger partial charge is 0.328 e. The molecule has 1 aromatic rings. The first-order chi connectivity index (χ1) is 6.84. The second kappa shape index (κ2) is 4.52. The molecule has 2 rings (SSSR count). The minimum Gasteiger partial charge on any atom is -0.328 e. The van der Waals surface area contributed by atoms with Crippen LogP contribution in [0.25, 0.3) is 0 Å². The number of hydrogen-bond acceptors (Lipinski definition) is 4. The van der Waals surface area contributed by atoms with Crippen LogP contribution in [-0.4, -0.2) is 27.3 Å². The molecule has 0 unspecified atom stereocenters. The van der Waals surface area contributed by atoms with E-state index >= 15 is 0 Å². The second-order valence-electron chi connectivity index (χ2n) is 3.92. The number of nitrogens with zero attached hydrogens (tertiary/aromatic N) is 2. The number of aromatic amines is 1. The van der Waals surface area contributed by atoms with E-state index in [1.54, 1.807) is 0 Å². The first-order valence-electron chi connectivity index (χ1n) is 5.18. The number of nitrogens with two attached hydrogens (primary N) is 1. The van der Waals surface area contributed by atoms with E-state index in [-0.39, 0.29) is 0 Å². The lowest BCUT2D eigenvalue weighted by Crippen LogP contribution is -2.37. The second-order valence-corrected chi connectivity index (χ2v) is 3.92. The van der Waals surface area contributed by atoms with Crippen LogP contribution in [0.3, 0.4) is 0 Å². The lowest BCUT2D eigenvalue weighted by Gasteiger charge is -2.26. The third kappa shape index (κ3) is 2.52. The Morgan fingerprint density at radius 2 is 2.21 bits per heavy atom. The van der Waals surface area contributed by atoms with Gasteiger partial charge < -0.3 is 11.1 Å². The average Bonchev–Trinajstić information content (AvgIpc) is 2.70. The molecule has 1 fully saturated rings. The van der Waals surface area contributed by atoms with Crippen molar-refractivity contribution in [1.29, 1.82) is 0 Å². The number of hydrogen-bond donors (Lipinski definition) is 3. The summed E-state index contributed by atoms with van der Waals surface area (Å²) in [5, 5.41) is 10.1. The molecule has 1 aliphatic carbocycles. The van der Waals surface area contributed by atoms with Crippen LogP contribution in [0.4, 0.5) is 0 Å². The zero-order chi connectivity index (χ0) is 9.80. The fourth-order valence-electron chi connectivity index (χ4n) is 1.88. The van der Waals surface area contributed by atoms with Gasteiger partial charge in [-0.1, -0.05) is 0 Å². The lowest BCUT2D eigenvalue weighted by molar-refractivity contribution is 0.339. The monoisotopic (exact) mass is 195 g/mol. The van der Waals surface area contributed by atoms with Crippen LogP contribution >= 0.6 is 0 Å². The molecule has 1 saturated carbocycles. The van der Waals surface area contributed by atoms with Crippen molar-refractivity contribution in [3.05, 3.63) is 12.2 Å².